The summed E-state index contributed by atoms with van der Waals surface area (Å²) >= 11 is 1.18. The summed E-state index contributed by atoms with van der Waals surface area (Å²) in [6.45, 7) is 5.23. The van der Waals surface area contributed by atoms with E-state index in [1.54, 1.807) is 12.3 Å². The van der Waals surface area contributed by atoms with E-state index in [1.165, 1.54) is 35.6 Å². The second kappa shape index (κ2) is 10.5. The van der Waals surface area contributed by atoms with Gasteiger partial charge in [-0.1, -0.05) is 26.0 Å². The number of ether oxygens (including phenoxy) is 2. The lowest BCUT2D eigenvalue weighted by molar-refractivity contribution is -0.385. The number of carbonyl (C=O) groups is 3. The van der Waals surface area contributed by atoms with Gasteiger partial charge in [-0.25, -0.2) is 9.59 Å². The second-order valence-electron chi connectivity index (χ2n) is 6.68. The van der Waals surface area contributed by atoms with E-state index in [-0.39, 0.29) is 17.7 Å². The van der Waals surface area contributed by atoms with Crippen LogP contribution in [-0.2, 0) is 20.7 Å². The van der Waals surface area contributed by atoms with Crippen molar-refractivity contribution in [3.63, 3.8) is 0 Å². The van der Waals surface area contributed by atoms with Crippen molar-refractivity contribution in [2.75, 3.05) is 18.5 Å². The summed E-state index contributed by atoms with van der Waals surface area (Å²) in [5, 5.41) is 15.7. The van der Waals surface area contributed by atoms with Gasteiger partial charge in [0.2, 0.25) is 0 Å². The molecule has 2 rings (SSSR count). The Bertz CT molecular complexity index is 952. The van der Waals surface area contributed by atoms with E-state index < -0.39 is 35.1 Å². The quantitative estimate of drug-likeness (QED) is 0.361. The van der Waals surface area contributed by atoms with E-state index in [2.05, 4.69) is 5.32 Å². The van der Waals surface area contributed by atoms with Gasteiger partial charge in [0, 0.05) is 6.07 Å². The number of nitrogens with one attached hydrogen (secondary N) is 1. The molecule has 0 aliphatic carbocycles. The molecule has 0 radical (unpaired) electrons. The summed E-state index contributed by atoms with van der Waals surface area (Å²) in [6.07, 6.45) is 0.632. The van der Waals surface area contributed by atoms with Gasteiger partial charge in [-0.2, -0.15) is 0 Å². The summed E-state index contributed by atoms with van der Waals surface area (Å²) in [4.78, 5) is 47.1. The van der Waals surface area contributed by atoms with Crippen LogP contribution in [-0.4, -0.2) is 36.0 Å². The maximum atomic E-state index is 12.3. The lowest BCUT2D eigenvalue weighted by Crippen LogP contribution is -2.22. The van der Waals surface area contributed by atoms with Crippen LogP contribution in [0.1, 0.15) is 47.1 Å². The third kappa shape index (κ3) is 5.86. The number of nitrogens with zero attached hydrogens (tertiary/aromatic N) is 1. The van der Waals surface area contributed by atoms with Crippen molar-refractivity contribution >= 4 is 39.9 Å². The van der Waals surface area contributed by atoms with Gasteiger partial charge in [0.25, 0.3) is 11.6 Å². The Labute approximate surface area is 177 Å². The van der Waals surface area contributed by atoms with Crippen LogP contribution in [0.25, 0.3) is 0 Å². The number of nitro groups is 1. The number of benzene rings is 1. The Balaban J connectivity index is 2.09. The molecule has 1 N–H and O–H groups in total. The lowest BCUT2D eigenvalue weighted by Gasteiger charge is -2.10. The van der Waals surface area contributed by atoms with Gasteiger partial charge >= 0.3 is 11.9 Å². The van der Waals surface area contributed by atoms with Crippen molar-refractivity contribution in [1.29, 1.82) is 0 Å². The minimum Gasteiger partial charge on any atom is -0.462 e. The van der Waals surface area contributed by atoms with E-state index in [0.717, 1.165) is 5.56 Å². The molecule has 9 nitrogen and oxygen atoms in total. The van der Waals surface area contributed by atoms with Crippen molar-refractivity contribution < 1.29 is 28.8 Å². The summed E-state index contributed by atoms with van der Waals surface area (Å²) in [7, 11) is 0. The Morgan fingerprint density at radius 3 is 2.50 bits per heavy atom. The normalized spacial score (nSPS) is 10.5. The molecule has 0 fully saturated rings. The first-order valence-electron chi connectivity index (χ1n) is 9.22. The Kier molecular flexibility index (Phi) is 8.05. The molecule has 0 bridgehead atoms. The molecule has 0 saturated carbocycles. The molecular weight excluding hydrogens is 412 g/mol. The molecule has 1 amide bonds. The molecule has 2 aromatic rings. The van der Waals surface area contributed by atoms with Crippen LogP contribution in [0.15, 0.2) is 29.6 Å². The first kappa shape index (κ1) is 23.0. The molecule has 1 heterocycles. The molecule has 0 saturated heterocycles. The predicted molar refractivity (Wildman–Crippen MR) is 111 cm³/mol. The Hall–Kier alpha value is -3.27. The number of hydrogen-bond donors (Lipinski definition) is 1. The van der Waals surface area contributed by atoms with Gasteiger partial charge in [-0.3, -0.25) is 14.9 Å². The maximum Gasteiger partial charge on any atom is 0.345 e. The van der Waals surface area contributed by atoms with E-state index in [0.29, 0.717) is 17.3 Å². The fraction of sp³-hybridized carbons (Fsp3) is 0.350. The van der Waals surface area contributed by atoms with E-state index >= 15 is 0 Å². The Morgan fingerprint density at radius 2 is 1.87 bits per heavy atom. The van der Waals surface area contributed by atoms with Crippen LogP contribution in [0.4, 0.5) is 10.7 Å². The largest absolute Gasteiger partial charge is 0.462 e. The zero-order valence-corrected chi connectivity index (χ0v) is 17.6. The van der Waals surface area contributed by atoms with E-state index in [1.807, 2.05) is 13.8 Å². The number of esters is 2. The van der Waals surface area contributed by atoms with Crippen LogP contribution in [0.2, 0.25) is 0 Å². The maximum absolute atomic E-state index is 12.3. The third-order valence-electron chi connectivity index (χ3n) is 3.88. The smallest absolute Gasteiger partial charge is 0.345 e. The first-order valence-corrected chi connectivity index (χ1v) is 10.1. The molecule has 0 aliphatic heterocycles. The summed E-state index contributed by atoms with van der Waals surface area (Å²) in [5.41, 5.74) is 0.386. The van der Waals surface area contributed by atoms with Gasteiger partial charge in [0.15, 0.2) is 6.61 Å². The summed E-state index contributed by atoms with van der Waals surface area (Å²) in [5.74, 6) is -1.92. The minimum atomic E-state index is -0.991. The van der Waals surface area contributed by atoms with Gasteiger partial charge in [0.05, 0.1) is 17.1 Å². The second-order valence-corrected chi connectivity index (χ2v) is 7.56. The zero-order chi connectivity index (χ0) is 22.3. The number of amides is 1. The van der Waals surface area contributed by atoms with Crippen molar-refractivity contribution in [3.8, 4) is 0 Å². The number of carbonyl (C=O) groups excluding carboxylic acids is 3. The molecule has 1 aromatic carbocycles. The molecule has 1 aromatic heterocycles. The number of hydrogen-bond acceptors (Lipinski definition) is 8. The highest BCUT2D eigenvalue weighted by atomic mass is 32.1. The lowest BCUT2D eigenvalue weighted by atomic mass is 10.0. The fourth-order valence-electron chi connectivity index (χ4n) is 2.68. The molecule has 0 unspecified atom stereocenters. The average molecular weight is 434 g/mol. The highest BCUT2D eigenvalue weighted by Crippen LogP contribution is 2.31. The van der Waals surface area contributed by atoms with E-state index in [4.69, 9.17) is 9.47 Å². The van der Waals surface area contributed by atoms with Gasteiger partial charge < -0.3 is 14.8 Å². The molecule has 0 spiro atoms. The predicted octanol–water partition coefficient (Wildman–Crippen LogP) is 3.83. The number of para-hydroxylation sites is 1. The van der Waals surface area contributed by atoms with E-state index in [9.17, 15) is 24.5 Å². The molecular formula is C20H22N2O7S. The van der Waals surface area contributed by atoms with Crippen molar-refractivity contribution in [2.24, 2.45) is 5.92 Å². The van der Waals surface area contributed by atoms with Crippen LogP contribution in [0.3, 0.4) is 0 Å². The highest BCUT2D eigenvalue weighted by molar-refractivity contribution is 7.15. The SMILES string of the molecule is CCOC(=O)c1c(CC(C)C)csc1NC(=O)COC(=O)c1ccccc1[N+](=O)[O-]. The van der Waals surface area contributed by atoms with Crippen LogP contribution in [0.5, 0.6) is 0 Å². The molecule has 10 heteroatoms. The number of anilines is 1. The topological polar surface area (TPSA) is 125 Å². The summed E-state index contributed by atoms with van der Waals surface area (Å²) < 4.78 is 9.99. The molecule has 0 aliphatic rings. The molecule has 30 heavy (non-hydrogen) atoms. The number of nitro benzene ring substituents is 1. The van der Waals surface area contributed by atoms with Gasteiger partial charge in [-0.15, -0.1) is 11.3 Å². The standard InChI is InChI=1S/C20H22N2O7S/c1-4-28-20(25)17-13(9-12(2)3)11-30-18(17)21-16(23)10-29-19(24)14-7-5-6-8-15(14)22(26)27/h5-8,11-12H,4,9-10H2,1-3H3,(H,21,23). The number of rotatable bonds is 9. The van der Waals surface area contributed by atoms with Gasteiger partial charge in [0.1, 0.15) is 10.6 Å². The minimum absolute atomic E-state index is 0.191. The monoisotopic (exact) mass is 434 g/mol. The summed E-state index contributed by atoms with van der Waals surface area (Å²) in [6, 6.07) is 5.29. The van der Waals surface area contributed by atoms with Crippen LogP contribution < -0.4 is 5.32 Å². The Morgan fingerprint density at radius 1 is 1.17 bits per heavy atom. The van der Waals surface area contributed by atoms with Crippen molar-refractivity contribution in [2.45, 2.75) is 27.2 Å². The highest BCUT2D eigenvalue weighted by Gasteiger charge is 2.24. The fourth-order valence-corrected chi connectivity index (χ4v) is 3.66. The van der Waals surface area contributed by atoms with Crippen LogP contribution >= 0.6 is 11.3 Å². The molecule has 160 valence electrons. The van der Waals surface area contributed by atoms with Crippen molar-refractivity contribution in [1.82, 2.24) is 0 Å². The molecule has 0 atom stereocenters. The van der Waals surface area contributed by atoms with Gasteiger partial charge in [-0.05, 0) is 36.3 Å². The number of thiophene rings is 1. The third-order valence-corrected chi connectivity index (χ3v) is 4.83. The van der Waals surface area contributed by atoms with Crippen LogP contribution in [0, 0.1) is 16.0 Å². The average Bonchev–Trinajstić information content (AvgIpc) is 3.07. The first-order chi connectivity index (χ1) is 14.2. The zero-order valence-electron chi connectivity index (χ0n) is 16.8. The van der Waals surface area contributed by atoms with Crippen molar-refractivity contribution in [3.05, 3.63) is 56.5 Å².